The Morgan fingerprint density at radius 3 is 2.50 bits per heavy atom. The Balaban J connectivity index is 2.28. The van der Waals surface area contributed by atoms with E-state index >= 15 is 0 Å². The minimum atomic E-state index is 0.0690. The summed E-state index contributed by atoms with van der Waals surface area (Å²) in [5.74, 6) is 0.852. The minimum Gasteiger partial charge on any atom is -0.384 e. The average Bonchev–Trinajstić information content (AvgIpc) is 2.38. The molecule has 0 atom stereocenters. The van der Waals surface area contributed by atoms with E-state index < -0.39 is 0 Å². The Kier molecular flexibility index (Phi) is 3.23. The van der Waals surface area contributed by atoms with Gasteiger partial charge < -0.3 is 10.6 Å². The molecule has 0 aliphatic heterocycles. The molecule has 2 rings (SSSR count). The van der Waals surface area contributed by atoms with Gasteiger partial charge in [-0.25, -0.2) is 0 Å². The van der Waals surface area contributed by atoms with Crippen LogP contribution in [0.15, 0.2) is 36.5 Å². The lowest BCUT2D eigenvalue weighted by Gasteiger charge is -2.18. The van der Waals surface area contributed by atoms with Crippen LogP contribution >= 0.6 is 0 Å². The van der Waals surface area contributed by atoms with Crippen LogP contribution in [0, 0.1) is 12.3 Å². The first-order valence-electron chi connectivity index (χ1n) is 5.55. The third kappa shape index (κ3) is 2.45. The molecule has 2 aromatic rings. The fourth-order valence-corrected chi connectivity index (χ4v) is 1.61. The summed E-state index contributed by atoms with van der Waals surface area (Å²) in [6, 6.07) is 9.40. The van der Waals surface area contributed by atoms with Gasteiger partial charge in [0.15, 0.2) is 5.82 Å². The number of aryl methyl sites for hydroxylation is 1. The van der Waals surface area contributed by atoms with Crippen molar-refractivity contribution in [1.82, 2.24) is 10.2 Å². The van der Waals surface area contributed by atoms with Crippen LogP contribution in [-0.4, -0.2) is 23.1 Å². The Morgan fingerprint density at radius 1 is 1.28 bits per heavy atom. The molecule has 0 aliphatic rings. The molecule has 92 valence electrons. The smallest absolute Gasteiger partial charge is 0.155 e. The molecule has 0 radical (unpaired) electrons. The molecule has 3 N–H and O–H groups in total. The van der Waals surface area contributed by atoms with Crippen molar-refractivity contribution >= 4 is 17.3 Å². The largest absolute Gasteiger partial charge is 0.384 e. The summed E-state index contributed by atoms with van der Waals surface area (Å²) >= 11 is 0. The van der Waals surface area contributed by atoms with Gasteiger partial charge in [0.25, 0.3) is 0 Å². The molecule has 0 fully saturated rings. The van der Waals surface area contributed by atoms with Crippen LogP contribution in [-0.2, 0) is 0 Å². The van der Waals surface area contributed by atoms with Crippen LogP contribution in [0.2, 0.25) is 0 Å². The van der Waals surface area contributed by atoms with Gasteiger partial charge in [0.2, 0.25) is 0 Å². The fourth-order valence-electron chi connectivity index (χ4n) is 1.61. The number of hydrogen-bond acceptors (Lipinski definition) is 4. The Morgan fingerprint density at radius 2 is 1.94 bits per heavy atom. The fraction of sp³-hybridized carbons (Fsp3) is 0.154. The zero-order valence-corrected chi connectivity index (χ0v) is 10.4. The summed E-state index contributed by atoms with van der Waals surface area (Å²) in [6.45, 7) is 1.98. The van der Waals surface area contributed by atoms with Gasteiger partial charge in [-0.3, -0.25) is 5.41 Å². The molecule has 5 nitrogen and oxygen atoms in total. The Hall–Kier alpha value is -2.43. The van der Waals surface area contributed by atoms with Crippen molar-refractivity contribution in [2.45, 2.75) is 6.92 Å². The average molecular weight is 241 g/mol. The lowest BCUT2D eigenvalue weighted by atomic mass is 10.2. The second kappa shape index (κ2) is 4.83. The quantitative estimate of drug-likeness (QED) is 0.634. The standard InChI is InChI=1S/C13H15N5/c1-9-7-12(17-16-8-9)18(2)11-5-3-10(4-6-11)13(14)15/h3-8H,1-2H3,(H3,14,15). The van der Waals surface area contributed by atoms with Crippen LogP contribution in [0.5, 0.6) is 0 Å². The van der Waals surface area contributed by atoms with Crippen molar-refractivity contribution in [3.05, 3.63) is 47.7 Å². The third-order valence-corrected chi connectivity index (χ3v) is 2.69. The van der Waals surface area contributed by atoms with Crippen molar-refractivity contribution in [3.63, 3.8) is 0 Å². The van der Waals surface area contributed by atoms with E-state index in [0.717, 1.165) is 17.1 Å². The van der Waals surface area contributed by atoms with Crippen molar-refractivity contribution in [2.75, 3.05) is 11.9 Å². The van der Waals surface area contributed by atoms with Crippen LogP contribution in [0.1, 0.15) is 11.1 Å². The first-order chi connectivity index (χ1) is 8.58. The molecule has 0 unspecified atom stereocenters. The van der Waals surface area contributed by atoms with E-state index in [9.17, 15) is 0 Å². The number of nitrogen functional groups attached to an aromatic ring is 1. The molecular formula is C13H15N5. The third-order valence-electron chi connectivity index (χ3n) is 2.69. The summed E-state index contributed by atoms with van der Waals surface area (Å²) < 4.78 is 0. The predicted molar refractivity (Wildman–Crippen MR) is 72.3 cm³/mol. The van der Waals surface area contributed by atoms with Crippen LogP contribution < -0.4 is 10.6 Å². The number of anilines is 2. The number of benzene rings is 1. The van der Waals surface area contributed by atoms with Crippen LogP contribution in [0.4, 0.5) is 11.5 Å². The van der Waals surface area contributed by atoms with E-state index in [1.807, 2.05) is 49.2 Å². The summed E-state index contributed by atoms with van der Waals surface area (Å²) in [5, 5.41) is 15.4. The molecular weight excluding hydrogens is 226 g/mol. The highest BCUT2D eigenvalue weighted by Gasteiger charge is 2.06. The van der Waals surface area contributed by atoms with Gasteiger partial charge in [-0.1, -0.05) is 0 Å². The van der Waals surface area contributed by atoms with Crippen molar-refractivity contribution in [2.24, 2.45) is 5.73 Å². The normalized spacial score (nSPS) is 10.1. The molecule has 0 bridgehead atoms. The SMILES string of the molecule is Cc1cnnc(N(C)c2ccc(C(=N)N)cc2)c1. The lowest BCUT2D eigenvalue weighted by molar-refractivity contribution is 0.975. The topological polar surface area (TPSA) is 78.9 Å². The number of aromatic nitrogens is 2. The molecule has 18 heavy (non-hydrogen) atoms. The van der Waals surface area contributed by atoms with Gasteiger partial charge in [0, 0.05) is 18.3 Å². The summed E-state index contributed by atoms with van der Waals surface area (Å²) in [6.07, 6.45) is 1.72. The maximum absolute atomic E-state index is 7.35. The molecule has 0 spiro atoms. The second-order valence-electron chi connectivity index (χ2n) is 4.11. The molecule has 1 aromatic heterocycles. The van der Waals surface area contributed by atoms with Crippen LogP contribution in [0.3, 0.4) is 0 Å². The number of rotatable bonds is 3. The van der Waals surface area contributed by atoms with Gasteiger partial charge in [0.05, 0.1) is 6.20 Å². The molecule has 0 saturated heterocycles. The molecule has 0 aliphatic carbocycles. The minimum absolute atomic E-state index is 0.0690. The zero-order valence-electron chi connectivity index (χ0n) is 10.4. The van der Waals surface area contributed by atoms with Crippen LogP contribution in [0.25, 0.3) is 0 Å². The van der Waals surface area contributed by atoms with E-state index in [2.05, 4.69) is 10.2 Å². The maximum atomic E-state index is 7.35. The van der Waals surface area contributed by atoms with Gasteiger partial charge >= 0.3 is 0 Å². The number of nitrogens with two attached hydrogens (primary N) is 1. The molecule has 0 saturated carbocycles. The molecule has 5 heteroatoms. The van der Waals surface area contributed by atoms with Crippen molar-refractivity contribution < 1.29 is 0 Å². The Bertz CT molecular complexity index is 562. The number of nitrogens with zero attached hydrogens (tertiary/aromatic N) is 3. The van der Waals surface area contributed by atoms with Gasteiger partial charge in [-0.05, 0) is 42.8 Å². The number of amidine groups is 1. The maximum Gasteiger partial charge on any atom is 0.155 e. The highest BCUT2D eigenvalue weighted by Crippen LogP contribution is 2.21. The number of hydrogen-bond donors (Lipinski definition) is 2. The van der Waals surface area contributed by atoms with E-state index in [-0.39, 0.29) is 5.84 Å². The van der Waals surface area contributed by atoms with E-state index in [1.165, 1.54) is 0 Å². The zero-order chi connectivity index (χ0) is 13.1. The van der Waals surface area contributed by atoms with E-state index in [1.54, 1.807) is 6.20 Å². The first-order valence-corrected chi connectivity index (χ1v) is 5.55. The van der Waals surface area contributed by atoms with Gasteiger partial charge in [-0.2, -0.15) is 5.10 Å². The summed E-state index contributed by atoms with van der Waals surface area (Å²) in [4.78, 5) is 1.93. The highest BCUT2D eigenvalue weighted by atomic mass is 15.2. The first kappa shape index (κ1) is 12.0. The molecule has 1 aromatic carbocycles. The van der Waals surface area contributed by atoms with Gasteiger partial charge in [-0.15, -0.1) is 5.10 Å². The summed E-state index contributed by atoms with van der Waals surface area (Å²) in [5.41, 5.74) is 8.16. The van der Waals surface area contributed by atoms with E-state index in [0.29, 0.717) is 5.56 Å². The van der Waals surface area contributed by atoms with E-state index in [4.69, 9.17) is 11.1 Å². The summed E-state index contributed by atoms with van der Waals surface area (Å²) in [7, 11) is 1.92. The lowest BCUT2D eigenvalue weighted by Crippen LogP contribution is -2.14. The highest BCUT2D eigenvalue weighted by molar-refractivity contribution is 5.95. The van der Waals surface area contributed by atoms with Gasteiger partial charge in [0.1, 0.15) is 5.84 Å². The second-order valence-corrected chi connectivity index (χ2v) is 4.11. The number of nitrogens with one attached hydrogen (secondary N) is 1. The predicted octanol–water partition coefficient (Wildman–Crippen LogP) is 1.84. The molecule has 0 amide bonds. The molecule has 1 heterocycles. The Labute approximate surface area is 106 Å². The van der Waals surface area contributed by atoms with Crippen molar-refractivity contribution in [3.8, 4) is 0 Å². The monoisotopic (exact) mass is 241 g/mol. The van der Waals surface area contributed by atoms with Crippen molar-refractivity contribution in [1.29, 1.82) is 5.41 Å².